The highest BCUT2D eigenvalue weighted by Gasteiger charge is 2.11. The van der Waals surface area contributed by atoms with Gasteiger partial charge in [0, 0.05) is 17.1 Å². The van der Waals surface area contributed by atoms with Crippen molar-refractivity contribution in [3.05, 3.63) is 64.2 Å². The Labute approximate surface area is 132 Å². The third-order valence-electron chi connectivity index (χ3n) is 2.87. The largest absolute Gasteiger partial charge is 0.507 e. The van der Waals surface area contributed by atoms with Crippen molar-refractivity contribution in [3.8, 4) is 5.75 Å². The number of amides is 1. The van der Waals surface area contributed by atoms with Crippen LogP contribution in [-0.4, -0.2) is 16.0 Å². The topological polar surface area (TPSA) is 75.3 Å². The lowest BCUT2D eigenvalue weighted by Gasteiger charge is -2.08. The normalized spacial score (nSPS) is 10.1. The fraction of sp³-hybridized carbons (Fsp3) is 0.0667. The molecule has 0 saturated heterocycles. The average Bonchev–Trinajstić information content (AvgIpc) is 2.45. The van der Waals surface area contributed by atoms with Crippen LogP contribution in [0.25, 0.3) is 0 Å². The molecule has 21 heavy (non-hydrogen) atoms. The lowest BCUT2D eigenvalue weighted by atomic mass is 10.1. The summed E-state index contributed by atoms with van der Waals surface area (Å²) in [5, 5.41) is 12.8. The molecule has 1 amide bonds. The molecule has 0 radical (unpaired) electrons. The lowest BCUT2D eigenvalue weighted by Crippen LogP contribution is -2.23. The van der Waals surface area contributed by atoms with Crippen molar-refractivity contribution in [2.45, 2.75) is 6.54 Å². The highest BCUT2D eigenvalue weighted by molar-refractivity contribution is 7.80. The summed E-state index contributed by atoms with van der Waals surface area (Å²) in [4.78, 5) is 12.3. The zero-order valence-electron chi connectivity index (χ0n) is 11.0. The highest BCUT2D eigenvalue weighted by atomic mass is 35.5. The van der Waals surface area contributed by atoms with Gasteiger partial charge in [0.05, 0.1) is 5.56 Å². The molecule has 0 aliphatic rings. The molecule has 108 valence electrons. The molecule has 2 aromatic carbocycles. The molecule has 0 aliphatic carbocycles. The fourth-order valence-electron chi connectivity index (χ4n) is 1.81. The van der Waals surface area contributed by atoms with Gasteiger partial charge in [-0.15, -0.1) is 0 Å². The predicted octanol–water partition coefficient (Wildman–Crippen LogP) is 2.61. The zero-order valence-corrected chi connectivity index (χ0v) is 12.5. The Kier molecular flexibility index (Phi) is 4.77. The van der Waals surface area contributed by atoms with Gasteiger partial charge >= 0.3 is 0 Å². The first kappa shape index (κ1) is 15.3. The van der Waals surface area contributed by atoms with E-state index in [4.69, 9.17) is 29.6 Å². The maximum absolute atomic E-state index is 12.0. The van der Waals surface area contributed by atoms with E-state index >= 15 is 0 Å². The molecular weight excluding hydrogens is 308 g/mol. The van der Waals surface area contributed by atoms with Crippen molar-refractivity contribution in [1.29, 1.82) is 0 Å². The summed E-state index contributed by atoms with van der Waals surface area (Å²) in [6, 6.07) is 11.6. The van der Waals surface area contributed by atoms with Crippen LogP contribution in [0.15, 0.2) is 42.5 Å². The van der Waals surface area contributed by atoms with Crippen LogP contribution in [0.3, 0.4) is 0 Å². The summed E-state index contributed by atoms with van der Waals surface area (Å²) in [7, 11) is 0. The quantitative estimate of drug-likeness (QED) is 0.757. The Bertz CT molecular complexity index is 704. The molecule has 2 rings (SSSR count). The van der Waals surface area contributed by atoms with E-state index in [1.807, 2.05) is 18.2 Å². The number of phenolic OH excluding ortho intramolecular Hbond substituents is 1. The average molecular weight is 321 g/mol. The van der Waals surface area contributed by atoms with Gasteiger partial charge in [-0.2, -0.15) is 0 Å². The number of thiocarbonyl (C=S) groups is 1. The predicted molar refractivity (Wildman–Crippen MR) is 86.6 cm³/mol. The van der Waals surface area contributed by atoms with Gasteiger partial charge in [-0.25, -0.2) is 0 Å². The van der Waals surface area contributed by atoms with E-state index in [2.05, 4.69) is 5.32 Å². The lowest BCUT2D eigenvalue weighted by molar-refractivity contribution is 0.0948. The SMILES string of the molecule is NC(=S)c1cccc(CNC(=O)c2ccc(Cl)cc2O)c1. The molecule has 4 N–H and O–H groups in total. The molecule has 2 aromatic rings. The van der Waals surface area contributed by atoms with Gasteiger partial charge in [0.25, 0.3) is 5.91 Å². The van der Waals surface area contributed by atoms with E-state index in [1.54, 1.807) is 12.1 Å². The van der Waals surface area contributed by atoms with Gasteiger partial charge in [0.1, 0.15) is 10.7 Å². The van der Waals surface area contributed by atoms with Gasteiger partial charge in [-0.05, 0) is 29.8 Å². The first-order chi connectivity index (χ1) is 9.97. The Hall–Kier alpha value is -2.11. The minimum absolute atomic E-state index is 0.156. The molecule has 6 heteroatoms. The van der Waals surface area contributed by atoms with E-state index in [0.717, 1.165) is 11.1 Å². The first-order valence-electron chi connectivity index (χ1n) is 6.13. The van der Waals surface area contributed by atoms with Gasteiger partial charge in [-0.3, -0.25) is 4.79 Å². The van der Waals surface area contributed by atoms with Gasteiger partial charge in [0.15, 0.2) is 0 Å². The molecule has 4 nitrogen and oxygen atoms in total. The molecule has 0 heterocycles. The van der Waals surface area contributed by atoms with Crippen molar-refractivity contribution in [2.75, 3.05) is 0 Å². The smallest absolute Gasteiger partial charge is 0.255 e. The van der Waals surface area contributed by atoms with Crippen molar-refractivity contribution in [1.82, 2.24) is 5.32 Å². The minimum atomic E-state index is -0.384. The highest BCUT2D eigenvalue weighted by Crippen LogP contribution is 2.21. The van der Waals surface area contributed by atoms with Crippen LogP contribution in [0.5, 0.6) is 5.75 Å². The second-order valence-corrected chi connectivity index (χ2v) is 5.29. The number of hydrogen-bond acceptors (Lipinski definition) is 3. The van der Waals surface area contributed by atoms with Crippen LogP contribution in [0, 0.1) is 0 Å². The summed E-state index contributed by atoms with van der Waals surface area (Å²) in [5.41, 5.74) is 7.34. The van der Waals surface area contributed by atoms with Crippen LogP contribution in [0.2, 0.25) is 5.02 Å². The van der Waals surface area contributed by atoms with Crippen molar-refractivity contribution < 1.29 is 9.90 Å². The van der Waals surface area contributed by atoms with Gasteiger partial charge in [0.2, 0.25) is 0 Å². The van der Waals surface area contributed by atoms with Crippen molar-refractivity contribution in [3.63, 3.8) is 0 Å². The van der Waals surface area contributed by atoms with Gasteiger partial charge < -0.3 is 16.2 Å². The molecule has 0 aromatic heterocycles. The maximum atomic E-state index is 12.0. The number of nitrogens with one attached hydrogen (secondary N) is 1. The maximum Gasteiger partial charge on any atom is 0.255 e. The number of halogens is 1. The number of benzene rings is 2. The minimum Gasteiger partial charge on any atom is -0.507 e. The molecule has 0 spiro atoms. The molecule has 0 unspecified atom stereocenters. The Morgan fingerprint density at radius 1 is 1.29 bits per heavy atom. The molecule has 0 fully saturated rings. The number of phenols is 1. The Morgan fingerprint density at radius 2 is 2.05 bits per heavy atom. The summed E-state index contributed by atoms with van der Waals surface area (Å²) in [6.07, 6.45) is 0. The number of carbonyl (C=O) groups is 1. The molecule has 0 bridgehead atoms. The standard InChI is InChI=1S/C15H13ClN2O2S/c16-11-4-5-12(13(19)7-11)15(20)18-8-9-2-1-3-10(6-9)14(17)21/h1-7,19H,8H2,(H2,17,21)(H,18,20). The van der Waals surface area contributed by atoms with E-state index in [1.165, 1.54) is 12.1 Å². The number of hydrogen-bond donors (Lipinski definition) is 3. The third-order valence-corrected chi connectivity index (χ3v) is 3.34. The summed E-state index contributed by atoms with van der Waals surface area (Å²) < 4.78 is 0. The van der Waals surface area contributed by atoms with E-state index in [9.17, 15) is 9.90 Å². The second-order valence-electron chi connectivity index (χ2n) is 4.41. The zero-order chi connectivity index (χ0) is 15.4. The summed E-state index contributed by atoms with van der Waals surface area (Å²) >= 11 is 10.6. The van der Waals surface area contributed by atoms with Crippen molar-refractivity contribution >= 4 is 34.7 Å². The van der Waals surface area contributed by atoms with E-state index in [-0.39, 0.29) is 17.2 Å². The third kappa shape index (κ3) is 3.93. The van der Waals surface area contributed by atoms with Crippen LogP contribution < -0.4 is 11.1 Å². The van der Waals surface area contributed by atoms with Crippen LogP contribution in [0.1, 0.15) is 21.5 Å². The number of nitrogens with two attached hydrogens (primary N) is 1. The monoisotopic (exact) mass is 320 g/mol. The number of carbonyl (C=O) groups excluding carboxylic acids is 1. The number of rotatable bonds is 4. The first-order valence-corrected chi connectivity index (χ1v) is 6.91. The fourth-order valence-corrected chi connectivity index (χ4v) is 2.10. The molecule has 0 aliphatic heterocycles. The summed E-state index contributed by atoms with van der Waals surface area (Å²) in [6.45, 7) is 0.303. The van der Waals surface area contributed by atoms with Crippen LogP contribution in [0.4, 0.5) is 0 Å². The van der Waals surface area contributed by atoms with E-state index < -0.39 is 0 Å². The molecule has 0 saturated carbocycles. The summed E-state index contributed by atoms with van der Waals surface area (Å²) in [5.74, 6) is -0.540. The van der Waals surface area contributed by atoms with Crippen LogP contribution in [-0.2, 0) is 6.54 Å². The Morgan fingerprint density at radius 3 is 2.71 bits per heavy atom. The molecule has 0 atom stereocenters. The van der Waals surface area contributed by atoms with Gasteiger partial charge in [-0.1, -0.05) is 42.0 Å². The molecular formula is C15H13ClN2O2S. The Balaban J connectivity index is 2.07. The van der Waals surface area contributed by atoms with Crippen molar-refractivity contribution in [2.24, 2.45) is 5.73 Å². The second kappa shape index (κ2) is 6.56. The van der Waals surface area contributed by atoms with E-state index in [0.29, 0.717) is 16.6 Å². The van der Waals surface area contributed by atoms with Crippen LogP contribution >= 0.6 is 23.8 Å². The number of aromatic hydroxyl groups is 1.